The fourth-order valence-electron chi connectivity index (χ4n) is 4.95. The van der Waals surface area contributed by atoms with Gasteiger partial charge in [-0.3, -0.25) is 4.79 Å². The molecule has 0 bridgehead atoms. The van der Waals surface area contributed by atoms with E-state index in [9.17, 15) is 18.0 Å². The molecule has 1 amide bonds. The predicted octanol–water partition coefficient (Wildman–Crippen LogP) is 4.11. The molecule has 1 fully saturated rings. The number of rotatable bonds is 4. The van der Waals surface area contributed by atoms with Gasteiger partial charge in [-0.25, -0.2) is 14.4 Å². The second-order valence-corrected chi connectivity index (χ2v) is 9.11. The van der Waals surface area contributed by atoms with Crippen LogP contribution in [0, 0.1) is 5.82 Å². The number of alkyl halides is 3. The van der Waals surface area contributed by atoms with Gasteiger partial charge in [0.05, 0.1) is 40.5 Å². The number of hydrogen-bond acceptors (Lipinski definition) is 6. The van der Waals surface area contributed by atoms with Crippen LogP contribution < -0.4 is 0 Å². The van der Waals surface area contributed by atoms with Crippen LogP contribution >= 0.6 is 11.6 Å². The van der Waals surface area contributed by atoms with Crippen molar-refractivity contribution in [2.24, 2.45) is 0 Å². The van der Waals surface area contributed by atoms with E-state index < -0.39 is 23.9 Å². The number of hydrogen-bond donors (Lipinski definition) is 2. The molecule has 2 atom stereocenters. The fourth-order valence-corrected chi connectivity index (χ4v) is 5.11. The van der Waals surface area contributed by atoms with E-state index in [-0.39, 0.29) is 28.2 Å². The third kappa shape index (κ3) is 3.97. The largest absolute Gasteiger partial charge is 0.449 e. The number of benzene rings is 1. The Morgan fingerprint density at radius 1 is 1.08 bits per heavy atom. The Morgan fingerprint density at radius 2 is 1.86 bits per heavy atom. The number of tetrazole rings is 1. The molecule has 5 heterocycles. The van der Waals surface area contributed by atoms with Crippen molar-refractivity contribution in [2.45, 2.75) is 37.5 Å². The van der Waals surface area contributed by atoms with Crippen LogP contribution in [-0.2, 0) is 11.0 Å². The average Bonchev–Trinajstić information content (AvgIpc) is 3.65. The van der Waals surface area contributed by atoms with E-state index in [1.165, 1.54) is 29.3 Å². The third-order valence-electron chi connectivity index (χ3n) is 6.55. The highest BCUT2D eigenvalue weighted by Gasteiger charge is 2.42. The average molecular weight is 534 g/mol. The summed E-state index contributed by atoms with van der Waals surface area (Å²) >= 11 is 6.06. The minimum absolute atomic E-state index is 0.0949. The summed E-state index contributed by atoms with van der Waals surface area (Å²) in [6.45, 7) is 0. The molecule has 2 aliphatic heterocycles. The molecular weight excluding hydrogens is 518 g/mol. The molecule has 6 rings (SSSR count). The van der Waals surface area contributed by atoms with E-state index >= 15 is 4.39 Å². The minimum Gasteiger partial charge on any atom is -0.339 e. The minimum atomic E-state index is -4.60. The molecule has 2 aliphatic rings. The number of nitrogens with one attached hydrogen (secondary N) is 2. The third-order valence-corrected chi connectivity index (χ3v) is 6.84. The number of carbonyl (C=O) groups is 1. The van der Waals surface area contributed by atoms with Crippen molar-refractivity contribution >= 4 is 23.1 Å². The van der Waals surface area contributed by atoms with Crippen LogP contribution in [0.3, 0.4) is 0 Å². The van der Waals surface area contributed by atoms with Crippen molar-refractivity contribution in [1.29, 1.82) is 0 Å². The second kappa shape index (κ2) is 8.50. The van der Waals surface area contributed by atoms with E-state index in [0.717, 1.165) is 6.20 Å². The summed E-state index contributed by atoms with van der Waals surface area (Å²) in [7, 11) is 0. The molecule has 1 saturated heterocycles. The van der Waals surface area contributed by atoms with Crippen LogP contribution in [0.5, 0.6) is 0 Å². The Labute approximate surface area is 210 Å². The number of H-pyrrole nitrogens is 2. The van der Waals surface area contributed by atoms with Crippen LogP contribution in [0.2, 0.25) is 5.02 Å². The molecule has 10 nitrogen and oxygen atoms in total. The first kappa shape index (κ1) is 23.3. The van der Waals surface area contributed by atoms with E-state index in [1.807, 2.05) is 0 Å². The topological polar surface area (TPSA) is 121 Å². The van der Waals surface area contributed by atoms with E-state index in [2.05, 4.69) is 35.5 Å². The van der Waals surface area contributed by atoms with Crippen LogP contribution in [0.4, 0.5) is 17.6 Å². The van der Waals surface area contributed by atoms with E-state index in [1.54, 1.807) is 11.0 Å². The van der Waals surface area contributed by atoms with Crippen LogP contribution in [0.25, 0.3) is 22.6 Å². The predicted molar refractivity (Wildman–Crippen MR) is 120 cm³/mol. The zero-order valence-corrected chi connectivity index (χ0v) is 19.4. The molecule has 190 valence electrons. The lowest BCUT2D eigenvalue weighted by Crippen LogP contribution is -2.39. The summed E-state index contributed by atoms with van der Waals surface area (Å²) in [4.78, 5) is 27.9. The van der Waals surface area contributed by atoms with Gasteiger partial charge in [-0.2, -0.15) is 17.9 Å². The number of fused-ring (bicyclic) bond motifs is 1. The van der Waals surface area contributed by atoms with Crippen molar-refractivity contribution in [1.82, 2.24) is 45.0 Å². The number of aromatic amines is 2. The fraction of sp³-hybridized carbons (Fsp3) is 0.273. The maximum absolute atomic E-state index is 15.2. The Hall–Kier alpha value is -4.07. The maximum Gasteiger partial charge on any atom is 0.449 e. The van der Waals surface area contributed by atoms with Crippen LogP contribution in [0.1, 0.15) is 42.5 Å². The lowest BCUT2D eigenvalue weighted by molar-refractivity contribution is -0.144. The highest BCUT2D eigenvalue weighted by atomic mass is 35.5. The number of carbonyl (C=O) groups excluding carboxylic acids is 1. The Balaban J connectivity index is 1.30. The zero-order valence-electron chi connectivity index (χ0n) is 18.7. The van der Waals surface area contributed by atoms with Gasteiger partial charge in [-0.05, 0) is 47.4 Å². The molecule has 0 spiro atoms. The lowest BCUT2D eigenvalue weighted by atomic mass is 9.92. The molecule has 0 aliphatic carbocycles. The standard InChI is InChI=1S/C22H16ClF4N9O/c23-12-2-4-15(35-9-30-33-34-35)18(19(12)24)10-5-11-1-3-16(36(11)17(37)6-10)20-28-7-13(31-20)14-8-29-21(32-14)22(25,26)27/h2,4,6-9,11,16H,1,3,5H2,(H,28,31)(H,29,32)/t11-,16+/m1/s1. The molecule has 4 aromatic rings. The highest BCUT2D eigenvalue weighted by molar-refractivity contribution is 6.31. The second-order valence-electron chi connectivity index (χ2n) is 8.70. The van der Waals surface area contributed by atoms with Crippen molar-refractivity contribution in [2.75, 3.05) is 0 Å². The number of amides is 1. The number of aromatic nitrogens is 8. The quantitative estimate of drug-likeness (QED) is 0.381. The van der Waals surface area contributed by atoms with Gasteiger partial charge >= 0.3 is 6.18 Å². The first-order chi connectivity index (χ1) is 17.7. The van der Waals surface area contributed by atoms with Crippen molar-refractivity contribution in [3.05, 3.63) is 65.0 Å². The number of halogens is 5. The molecule has 15 heteroatoms. The first-order valence-electron chi connectivity index (χ1n) is 11.1. The summed E-state index contributed by atoms with van der Waals surface area (Å²) in [5.74, 6) is -1.69. The Morgan fingerprint density at radius 3 is 2.59 bits per heavy atom. The molecule has 3 aromatic heterocycles. The van der Waals surface area contributed by atoms with Crippen LogP contribution in [-0.4, -0.2) is 57.0 Å². The summed E-state index contributed by atoms with van der Waals surface area (Å²) < 4.78 is 55.2. The normalized spacial score (nSPS) is 19.9. The monoisotopic (exact) mass is 533 g/mol. The van der Waals surface area contributed by atoms with Crippen molar-refractivity contribution < 1.29 is 22.4 Å². The van der Waals surface area contributed by atoms with Gasteiger partial charge in [0.2, 0.25) is 11.7 Å². The van der Waals surface area contributed by atoms with Crippen LogP contribution in [0.15, 0.2) is 36.9 Å². The van der Waals surface area contributed by atoms with Crippen molar-refractivity contribution in [3.8, 4) is 17.1 Å². The number of imidazole rings is 2. The van der Waals surface area contributed by atoms with Gasteiger partial charge in [0.1, 0.15) is 12.2 Å². The highest BCUT2D eigenvalue weighted by Crippen LogP contribution is 2.44. The first-order valence-corrected chi connectivity index (χ1v) is 11.5. The Bertz CT molecular complexity index is 1530. The molecule has 37 heavy (non-hydrogen) atoms. The van der Waals surface area contributed by atoms with Gasteiger partial charge < -0.3 is 14.9 Å². The molecule has 0 radical (unpaired) electrons. The van der Waals surface area contributed by atoms with Gasteiger partial charge in [-0.1, -0.05) is 11.6 Å². The van der Waals surface area contributed by atoms with Gasteiger partial charge in [0.25, 0.3) is 0 Å². The van der Waals surface area contributed by atoms with Gasteiger partial charge in [0.15, 0.2) is 5.82 Å². The summed E-state index contributed by atoms with van der Waals surface area (Å²) in [6, 6.07) is 2.32. The summed E-state index contributed by atoms with van der Waals surface area (Å²) in [5, 5.41) is 10.9. The molecular formula is C22H16ClF4N9O. The maximum atomic E-state index is 15.2. The zero-order chi connectivity index (χ0) is 25.9. The molecule has 0 saturated carbocycles. The van der Waals surface area contributed by atoms with Gasteiger partial charge in [-0.15, -0.1) is 5.10 Å². The molecule has 2 N–H and O–H groups in total. The van der Waals surface area contributed by atoms with E-state index in [4.69, 9.17) is 11.6 Å². The van der Waals surface area contributed by atoms with E-state index in [0.29, 0.717) is 42.0 Å². The lowest BCUT2D eigenvalue weighted by Gasteiger charge is -2.33. The van der Waals surface area contributed by atoms with Gasteiger partial charge in [0, 0.05) is 17.7 Å². The smallest absolute Gasteiger partial charge is 0.339 e. The molecule has 0 unspecified atom stereocenters. The summed E-state index contributed by atoms with van der Waals surface area (Å²) in [6.07, 6.45) is 2.10. The summed E-state index contributed by atoms with van der Waals surface area (Å²) in [5.41, 5.74) is 1.40. The Kier molecular flexibility index (Phi) is 5.36. The SMILES string of the molecule is O=C1C=C(c2c(-n3cnnn3)ccc(Cl)c2F)C[C@H]2CC[C@@H](c3ncc(-c4cnc(C(F)(F)F)[nH]4)[nH]3)N12. The van der Waals surface area contributed by atoms with Crippen molar-refractivity contribution in [3.63, 3.8) is 0 Å². The molecule has 1 aromatic carbocycles. The number of nitrogens with zero attached hydrogens (tertiary/aromatic N) is 7.